The van der Waals surface area contributed by atoms with E-state index in [2.05, 4.69) is 0 Å². The second-order valence-corrected chi connectivity index (χ2v) is 2.58. The number of halogens is 5. The van der Waals surface area contributed by atoms with Crippen molar-refractivity contribution in [2.24, 2.45) is 0 Å². The van der Waals surface area contributed by atoms with Crippen molar-refractivity contribution >= 4 is 6.08 Å². The van der Waals surface area contributed by atoms with Crippen LogP contribution in [0.5, 0.6) is 0 Å². The number of hydrogen-bond donors (Lipinski definition) is 0. The summed E-state index contributed by atoms with van der Waals surface area (Å²) in [6.07, 6.45) is -3.96. The van der Waals surface area contributed by atoms with E-state index in [-0.39, 0.29) is 11.6 Å². The van der Waals surface area contributed by atoms with Gasteiger partial charge in [0, 0.05) is 12.1 Å². The van der Waals surface area contributed by atoms with Crippen molar-refractivity contribution in [1.82, 2.24) is 0 Å². The van der Waals surface area contributed by atoms with Crippen molar-refractivity contribution < 1.29 is 22.0 Å². The molecule has 0 aliphatic carbocycles. The van der Waals surface area contributed by atoms with Crippen molar-refractivity contribution in [3.05, 3.63) is 41.5 Å². The van der Waals surface area contributed by atoms with E-state index in [1.165, 1.54) is 0 Å². The average molecular weight is 208 g/mol. The molecule has 0 heterocycles. The zero-order chi connectivity index (χ0) is 10.8. The van der Waals surface area contributed by atoms with Crippen LogP contribution < -0.4 is 0 Å². The van der Waals surface area contributed by atoms with Crippen LogP contribution in [0.4, 0.5) is 22.0 Å². The monoisotopic (exact) mass is 208 g/mol. The van der Waals surface area contributed by atoms with Crippen molar-refractivity contribution in [2.75, 3.05) is 0 Å². The Morgan fingerprint density at radius 1 is 0.929 bits per heavy atom. The van der Waals surface area contributed by atoms with E-state index < -0.39 is 17.8 Å². The van der Waals surface area contributed by atoms with E-state index >= 15 is 0 Å². The van der Waals surface area contributed by atoms with Gasteiger partial charge in [0.05, 0.1) is 0 Å². The van der Waals surface area contributed by atoms with E-state index in [4.69, 9.17) is 0 Å². The molecular weight excluding hydrogens is 203 g/mol. The fourth-order valence-electron chi connectivity index (χ4n) is 0.862. The topological polar surface area (TPSA) is 0 Å². The molecule has 0 aliphatic rings. The van der Waals surface area contributed by atoms with Crippen molar-refractivity contribution in [1.29, 1.82) is 0 Å². The summed E-state index contributed by atoms with van der Waals surface area (Å²) in [5.41, 5.74) is -0.167. The molecule has 0 nitrogen and oxygen atoms in total. The Morgan fingerprint density at radius 3 is 1.86 bits per heavy atom. The van der Waals surface area contributed by atoms with Crippen molar-refractivity contribution in [3.63, 3.8) is 0 Å². The third kappa shape index (κ3) is 3.55. The van der Waals surface area contributed by atoms with Crippen LogP contribution >= 0.6 is 0 Å². The molecule has 1 aromatic carbocycles. The quantitative estimate of drug-likeness (QED) is 0.619. The molecule has 0 spiro atoms. The van der Waals surface area contributed by atoms with Crippen LogP contribution in [0, 0.1) is 11.6 Å². The Morgan fingerprint density at radius 2 is 1.43 bits per heavy atom. The summed E-state index contributed by atoms with van der Waals surface area (Å²) in [6, 6.07) is 2.21. The second-order valence-electron chi connectivity index (χ2n) is 2.58. The smallest absolute Gasteiger partial charge is 0.207 e. The Hall–Kier alpha value is -1.39. The highest BCUT2D eigenvalue weighted by atomic mass is 19.4. The minimum absolute atomic E-state index is 0.0821. The van der Waals surface area contributed by atoms with Gasteiger partial charge in [-0.2, -0.15) is 13.2 Å². The average Bonchev–Trinajstić information content (AvgIpc) is 1.97. The van der Waals surface area contributed by atoms with Gasteiger partial charge in [0.1, 0.15) is 11.6 Å². The molecule has 0 saturated heterocycles. The van der Waals surface area contributed by atoms with Gasteiger partial charge in [-0.05, 0) is 23.8 Å². The van der Waals surface area contributed by atoms with Gasteiger partial charge < -0.3 is 0 Å². The standard InChI is InChI=1S/C9H5F5/c10-7-3-6(4-8(11)5-7)1-2-9(12,13)14/h1-5H/b2-1+. The molecule has 0 unspecified atom stereocenters. The van der Waals surface area contributed by atoms with Crippen LogP contribution in [0.3, 0.4) is 0 Å². The van der Waals surface area contributed by atoms with Crippen LogP contribution in [0.25, 0.3) is 6.08 Å². The van der Waals surface area contributed by atoms with E-state index in [0.29, 0.717) is 12.1 Å². The number of hydrogen-bond acceptors (Lipinski definition) is 0. The normalized spacial score (nSPS) is 12.4. The van der Waals surface area contributed by atoms with E-state index in [1.54, 1.807) is 0 Å². The van der Waals surface area contributed by atoms with Gasteiger partial charge >= 0.3 is 6.18 Å². The lowest BCUT2D eigenvalue weighted by Gasteiger charge is -1.98. The SMILES string of the molecule is Fc1cc(F)cc(/C=C/C(F)(F)F)c1. The van der Waals surface area contributed by atoms with Gasteiger partial charge in [0.15, 0.2) is 0 Å². The molecular formula is C9H5F5. The summed E-state index contributed by atoms with van der Waals surface area (Å²) in [4.78, 5) is 0. The van der Waals surface area contributed by atoms with Crippen LogP contribution in [0.2, 0.25) is 0 Å². The molecule has 0 radical (unpaired) electrons. The number of benzene rings is 1. The van der Waals surface area contributed by atoms with Gasteiger partial charge in [-0.1, -0.05) is 0 Å². The number of rotatable bonds is 1. The summed E-state index contributed by atoms with van der Waals surface area (Å²) in [7, 11) is 0. The summed E-state index contributed by atoms with van der Waals surface area (Å²) in [6.45, 7) is 0. The summed E-state index contributed by atoms with van der Waals surface area (Å²) >= 11 is 0. The Bertz CT molecular complexity index is 330. The van der Waals surface area contributed by atoms with Crippen LogP contribution in [-0.2, 0) is 0 Å². The lowest BCUT2D eigenvalue weighted by molar-refractivity contribution is -0.0790. The molecule has 0 saturated carbocycles. The molecule has 0 N–H and O–H groups in total. The fourth-order valence-corrected chi connectivity index (χ4v) is 0.862. The Labute approximate surface area is 76.7 Å². The fraction of sp³-hybridized carbons (Fsp3) is 0.111. The first-order valence-electron chi connectivity index (χ1n) is 3.59. The third-order valence-electron chi connectivity index (χ3n) is 1.35. The van der Waals surface area contributed by atoms with Crippen molar-refractivity contribution in [3.8, 4) is 0 Å². The lowest BCUT2D eigenvalue weighted by atomic mass is 10.2. The molecule has 5 heteroatoms. The van der Waals surface area contributed by atoms with Gasteiger partial charge in [0.2, 0.25) is 0 Å². The van der Waals surface area contributed by atoms with Crippen LogP contribution in [0.1, 0.15) is 5.56 Å². The van der Waals surface area contributed by atoms with Gasteiger partial charge in [-0.3, -0.25) is 0 Å². The lowest BCUT2D eigenvalue weighted by Crippen LogP contribution is -2.00. The first-order valence-corrected chi connectivity index (χ1v) is 3.59. The van der Waals surface area contributed by atoms with E-state index in [9.17, 15) is 22.0 Å². The maximum absolute atomic E-state index is 12.5. The van der Waals surface area contributed by atoms with Crippen molar-refractivity contribution in [2.45, 2.75) is 6.18 Å². The van der Waals surface area contributed by atoms with E-state index in [0.717, 1.165) is 12.1 Å². The molecule has 1 rings (SSSR count). The summed E-state index contributed by atoms with van der Waals surface area (Å²) in [5.74, 6) is -1.82. The van der Waals surface area contributed by atoms with Gasteiger partial charge in [-0.15, -0.1) is 0 Å². The minimum atomic E-state index is -4.48. The molecule has 0 aromatic heterocycles. The Kier molecular flexibility index (Phi) is 2.88. The highest BCUT2D eigenvalue weighted by Gasteiger charge is 2.21. The van der Waals surface area contributed by atoms with E-state index in [1.807, 2.05) is 0 Å². The molecule has 0 atom stereocenters. The van der Waals surface area contributed by atoms with Gasteiger partial charge in [-0.25, -0.2) is 8.78 Å². The zero-order valence-corrected chi connectivity index (χ0v) is 6.78. The molecule has 0 fully saturated rings. The largest absolute Gasteiger partial charge is 0.409 e. The third-order valence-corrected chi connectivity index (χ3v) is 1.35. The highest BCUT2D eigenvalue weighted by Crippen LogP contribution is 2.18. The number of alkyl halides is 3. The predicted molar refractivity (Wildman–Crippen MR) is 41.4 cm³/mol. The highest BCUT2D eigenvalue weighted by molar-refractivity contribution is 5.49. The predicted octanol–water partition coefficient (Wildman–Crippen LogP) is 3.54. The molecule has 0 bridgehead atoms. The maximum Gasteiger partial charge on any atom is 0.409 e. The minimum Gasteiger partial charge on any atom is -0.207 e. The van der Waals surface area contributed by atoms with Gasteiger partial charge in [0.25, 0.3) is 0 Å². The maximum atomic E-state index is 12.5. The first kappa shape index (κ1) is 10.7. The second kappa shape index (κ2) is 3.77. The zero-order valence-electron chi connectivity index (χ0n) is 6.78. The first-order chi connectivity index (χ1) is 6.37. The summed E-state index contributed by atoms with van der Waals surface area (Å²) in [5, 5.41) is 0. The van der Waals surface area contributed by atoms with Crippen LogP contribution in [-0.4, -0.2) is 6.18 Å². The molecule has 0 aliphatic heterocycles. The van der Waals surface area contributed by atoms with Crippen LogP contribution in [0.15, 0.2) is 24.3 Å². The molecule has 76 valence electrons. The molecule has 0 amide bonds. The molecule has 14 heavy (non-hydrogen) atoms. The summed E-state index contributed by atoms with van der Waals surface area (Å²) < 4.78 is 60.0. The molecule has 1 aromatic rings. The Balaban J connectivity index is 2.92. The number of allylic oxidation sites excluding steroid dienone is 1.